The van der Waals surface area contributed by atoms with Crippen LogP contribution in [0.1, 0.15) is 64.0 Å². The van der Waals surface area contributed by atoms with Crippen molar-refractivity contribution < 1.29 is 9.59 Å². The van der Waals surface area contributed by atoms with E-state index in [4.69, 9.17) is 5.26 Å². The molecule has 0 atom stereocenters. The van der Waals surface area contributed by atoms with E-state index in [2.05, 4.69) is 28.9 Å². The van der Waals surface area contributed by atoms with Crippen LogP contribution in [0.3, 0.4) is 0 Å². The number of hydrogen-bond donors (Lipinski definition) is 2. The third kappa shape index (κ3) is 5.14. The summed E-state index contributed by atoms with van der Waals surface area (Å²) >= 11 is 0. The summed E-state index contributed by atoms with van der Waals surface area (Å²) in [6.07, 6.45) is 2.71. The number of nitrogens with one attached hydrogen (secondary N) is 2. The van der Waals surface area contributed by atoms with Gasteiger partial charge in [0.2, 0.25) is 0 Å². The summed E-state index contributed by atoms with van der Waals surface area (Å²) in [6.45, 7) is 6.16. The second-order valence-corrected chi connectivity index (χ2v) is 8.82. The van der Waals surface area contributed by atoms with Gasteiger partial charge in [-0.15, -0.1) is 0 Å². The van der Waals surface area contributed by atoms with E-state index in [1.165, 1.54) is 4.68 Å². The number of nitriles is 1. The number of carbonyl (C=O) groups excluding carboxylic acids is 2. The lowest BCUT2D eigenvalue weighted by Gasteiger charge is -2.12. The number of aromatic nitrogens is 3. The van der Waals surface area contributed by atoms with Crippen molar-refractivity contribution in [2.45, 2.75) is 46.6 Å². The molecular formula is C28H28N6O3. The summed E-state index contributed by atoms with van der Waals surface area (Å²) in [7, 11) is 0. The van der Waals surface area contributed by atoms with E-state index in [-0.39, 0.29) is 11.3 Å². The fourth-order valence-corrected chi connectivity index (χ4v) is 4.38. The van der Waals surface area contributed by atoms with Gasteiger partial charge in [0.25, 0.3) is 17.4 Å². The van der Waals surface area contributed by atoms with Gasteiger partial charge < -0.3 is 4.57 Å². The van der Waals surface area contributed by atoms with Crippen molar-refractivity contribution in [1.82, 2.24) is 25.2 Å². The number of rotatable bonds is 7. The van der Waals surface area contributed by atoms with Crippen molar-refractivity contribution in [2.24, 2.45) is 0 Å². The van der Waals surface area contributed by atoms with Crippen LogP contribution in [0.15, 0.2) is 59.4 Å². The number of aryl methyl sites for hydroxylation is 2. The zero-order chi connectivity index (χ0) is 26.5. The smallest absolute Gasteiger partial charge is 0.290 e. The van der Waals surface area contributed by atoms with Crippen molar-refractivity contribution in [3.8, 4) is 11.8 Å². The second-order valence-electron chi connectivity index (χ2n) is 8.82. The third-order valence-electron chi connectivity index (χ3n) is 6.28. The lowest BCUT2D eigenvalue weighted by Crippen LogP contribution is -2.43. The quantitative estimate of drug-likeness (QED) is 0.296. The molecule has 0 bridgehead atoms. The predicted octanol–water partition coefficient (Wildman–Crippen LogP) is 3.94. The predicted molar refractivity (Wildman–Crippen MR) is 140 cm³/mol. The molecule has 37 heavy (non-hydrogen) atoms. The summed E-state index contributed by atoms with van der Waals surface area (Å²) in [6, 6.07) is 17.7. The summed E-state index contributed by atoms with van der Waals surface area (Å²) in [5, 5.41) is 14.2. The van der Waals surface area contributed by atoms with E-state index in [0.29, 0.717) is 34.1 Å². The number of nitrogens with zero attached hydrogens (tertiary/aromatic N) is 4. The molecule has 0 fully saturated rings. The SMILES string of the molecule is CCCCCn1nc(C(=O)NNC(=O)c2cc(C)n(-c3ccc(C#N)cc3)c2C)c2ccccc2c1=O. The summed E-state index contributed by atoms with van der Waals surface area (Å²) in [4.78, 5) is 38.9. The molecule has 4 aromatic rings. The van der Waals surface area contributed by atoms with Gasteiger partial charge in [-0.05, 0) is 56.7 Å². The lowest BCUT2D eigenvalue weighted by molar-refractivity contribution is 0.0843. The van der Waals surface area contributed by atoms with Gasteiger partial charge >= 0.3 is 0 Å². The molecule has 0 saturated heterocycles. The van der Waals surface area contributed by atoms with Gasteiger partial charge in [-0.2, -0.15) is 10.4 Å². The van der Waals surface area contributed by atoms with Crippen molar-refractivity contribution in [2.75, 3.05) is 0 Å². The summed E-state index contributed by atoms with van der Waals surface area (Å²) < 4.78 is 3.22. The number of carbonyl (C=O) groups is 2. The monoisotopic (exact) mass is 496 g/mol. The Hall–Kier alpha value is -4.71. The largest absolute Gasteiger partial charge is 0.318 e. The van der Waals surface area contributed by atoms with Gasteiger partial charge in [-0.3, -0.25) is 25.2 Å². The number of hydrogen-bond acceptors (Lipinski definition) is 5. The molecule has 2 heterocycles. The maximum atomic E-state index is 13.1. The van der Waals surface area contributed by atoms with Crippen LogP contribution in [0.5, 0.6) is 0 Å². The molecular weight excluding hydrogens is 468 g/mol. The van der Waals surface area contributed by atoms with E-state index in [9.17, 15) is 14.4 Å². The Morgan fingerprint density at radius 2 is 1.65 bits per heavy atom. The van der Waals surface area contributed by atoms with Crippen molar-refractivity contribution in [3.05, 3.63) is 93.2 Å². The molecule has 0 radical (unpaired) electrons. The molecule has 0 unspecified atom stereocenters. The molecule has 2 aromatic heterocycles. The highest BCUT2D eigenvalue weighted by Gasteiger charge is 2.20. The highest BCUT2D eigenvalue weighted by atomic mass is 16.2. The van der Waals surface area contributed by atoms with E-state index in [1.54, 1.807) is 42.5 Å². The number of fused-ring (bicyclic) bond motifs is 1. The first kappa shape index (κ1) is 25.4. The van der Waals surface area contributed by atoms with Crippen molar-refractivity contribution in [1.29, 1.82) is 5.26 Å². The Bertz CT molecular complexity index is 1570. The number of amides is 2. The standard InChI is InChI=1S/C28H28N6O3/c1-4-5-8-15-33-28(37)23-10-7-6-9-22(23)25(32-33)27(36)31-30-26(35)24-16-18(2)34(19(24)3)21-13-11-20(17-29)12-14-21/h6-7,9-14,16H,4-5,8,15H2,1-3H3,(H,30,35)(H,31,36). The molecule has 9 heteroatoms. The van der Waals surface area contributed by atoms with Crippen LogP contribution in [0.25, 0.3) is 16.5 Å². The first-order chi connectivity index (χ1) is 17.8. The average molecular weight is 497 g/mol. The minimum atomic E-state index is -0.616. The molecule has 0 spiro atoms. The maximum Gasteiger partial charge on any atom is 0.290 e. The number of benzene rings is 2. The molecule has 0 aliphatic heterocycles. The van der Waals surface area contributed by atoms with Gasteiger partial charge in [-0.25, -0.2) is 4.68 Å². The Morgan fingerprint density at radius 3 is 2.32 bits per heavy atom. The molecule has 0 saturated carbocycles. The van der Waals surface area contributed by atoms with Gasteiger partial charge in [0.15, 0.2) is 5.69 Å². The topological polar surface area (TPSA) is 122 Å². The minimum absolute atomic E-state index is 0.0649. The Balaban J connectivity index is 1.57. The van der Waals surface area contributed by atoms with Crippen molar-refractivity contribution in [3.63, 3.8) is 0 Å². The molecule has 2 amide bonds. The molecule has 2 N–H and O–H groups in total. The second kappa shape index (κ2) is 10.9. The highest BCUT2D eigenvalue weighted by molar-refractivity contribution is 6.06. The van der Waals surface area contributed by atoms with Crippen LogP contribution in [0, 0.1) is 25.2 Å². The Labute approximate surface area is 214 Å². The van der Waals surface area contributed by atoms with E-state index in [0.717, 1.165) is 30.6 Å². The van der Waals surface area contributed by atoms with Gasteiger partial charge in [0.05, 0.1) is 22.6 Å². The normalized spacial score (nSPS) is 10.8. The number of hydrazine groups is 1. The van der Waals surface area contributed by atoms with E-state index < -0.39 is 11.8 Å². The molecule has 188 valence electrons. The van der Waals surface area contributed by atoms with Gasteiger partial charge in [0, 0.05) is 29.0 Å². The zero-order valence-electron chi connectivity index (χ0n) is 21.0. The van der Waals surface area contributed by atoms with Crippen molar-refractivity contribution >= 4 is 22.6 Å². The lowest BCUT2D eigenvalue weighted by atomic mass is 10.1. The minimum Gasteiger partial charge on any atom is -0.318 e. The third-order valence-corrected chi connectivity index (χ3v) is 6.28. The molecule has 9 nitrogen and oxygen atoms in total. The average Bonchev–Trinajstić information content (AvgIpc) is 3.22. The molecule has 2 aromatic carbocycles. The van der Waals surface area contributed by atoms with Crippen LogP contribution in [-0.2, 0) is 6.54 Å². The van der Waals surface area contributed by atoms with Crippen LogP contribution >= 0.6 is 0 Å². The van der Waals surface area contributed by atoms with Crippen LogP contribution in [0.2, 0.25) is 0 Å². The highest BCUT2D eigenvalue weighted by Crippen LogP contribution is 2.21. The van der Waals surface area contributed by atoms with E-state index in [1.807, 2.05) is 30.5 Å². The summed E-state index contributed by atoms with van der Waals surface area (Å²) in [5.41, 5.74) is 8.01. The maximum absolute atomic E-state index is 13.1. The molecule has 0 aliphatic rings. The van der Waals surface area contributed by atoms with Crippen LogP contribution in [0.4, 0.5) is 0 Å². The van der Waals surface area contributed by atoms with E-state index >= 15 is 0 Å². The first-order valence-electron chi connectivity index (χ1n) is 12.2. The Kier molecular flexibility index (Phi) is 7.49. The van der Waals surface area contributed by atoms with Crippen LogP contribution in [-0.4, -0.2) is 26.2 Å². The fourth-order valence-electron chi connectivity index (χ4n) is 4.38. The molecule has 0 aliphatic carbocycles. The summed E-state index contributed by atoms with van der Waals surface area (Å²) in [5.74, 6) is -1.10. The Morgan fingerprint density at radius 1 is 0.973 bits per heavy atom. The first-order valence-corrected chi connectivity index (χ1v) is 12.2. The molecule has 4 rings (SSSR count). The fraction of sp³-hybridized carbons (Fsp3) is 0.250. The van der Waals surface area contributed by atoms with Crippen LogP contribution < -0.4 is 16.4 Å². The zero-order valence-corrected chi connectivity index (χ0v) is 21.0. The van der Waals surface area contributed by atoms with Gasteiger partial charge in [0.1, 0.15) is 0 Å². The number of unbranched alkanes of at least 4 members (excludes halogenated alkanes) is 2. The van der Waals surface area contributed by atoms with Gasteiger partial charge in [-0.1, -0.05) is 38.0 Å².